The van der Waals surface area contributed by atoms with Gasteiger partial charge in [0.05, 0.1) is 5.69 Å². The smallest absolute Gasteiger partial charge is 0.456 e. The molecule has 1 rings (SSSR count). The highest BCUT2D eigenvalue weighted by molar-refractivity contribution is 5.46. The molecule has 90 valence electrons. The molecule has 0 radical (unpaired) electrons. The summed E-state index contributed by atoms with van der Waals surface area (Å²) in [5.74, 6) is -5.39. The Kier molecular flexibility index (Phi) is 3.20. The van der Waals surface area contributed by atoms with Crippen LogP contribution in [0.1, 0.15) is 0 Å². The molecule has 2 N–H and O–H groups in total. The minimum atomic E-state index is -5.66. The summed E-state index contributed by atoms with van der Waals surface area (Å²) in [6, 6.07) is 2.66. The predicted octanol–water partition coefficient (Wildman–Crippen LogP) is 2.24. The molecule has 0 fully saturated rings. The predicted molar refractivity (Wildman–Crippen MR) is 45.1 cm³/mol. The zero-order valence-electron chi connectivity index (χ0n) is 7.76. The van der Waals surface area contributed by atoms with Gasteiger partial charge >= 0.3 is 12.1 Å². The van der Waals surface area contributed by atoms with Gasteiger partial charge in [-0.1, -0.05) is 0 Å². The zero-order valence-corrected chi connectivity index (χ0v) is 7.76. The first-order chi connectivity index (χ1) is 7.24. The number of aromatic nitrogens is 1. The summed E-state index contributed by atoms with van der Waals surface area (Å²) in [6.07, 6.45) is -4.49. The Labute approximate surface area is 87.0 Å². The Morgan fingerprint density at radius 3 is 2.38 bits per heavy atom. The largest absolute Gasteiger partial charge is 0.469 e. The minimum Gasteiger partial charge on any atom is -0.469 e. The number of pyridine rings is 1. The van der Waals surface area contributed by atoms with Crippen molar-refractivity contribution >= 4 is 5.69 Å². The van der Waals surface area contributed by atoms with E-state index in [0.29, 0.717) is 0 Å². The van der Waals surface area contributed by atoms with Crippen LogP contribution in [0, 0.1) is 0 Å². The lowest BCUT2D eigenvalue weighted by Gasteiger charge is -2.19. The van der Waals surface area contributed by atoms with Crippen LogP contribution in [0.25, 0.3) is 0 Å². The summed E-state index contributed by atoms with van der Waals surface area (Å²) < 4.78 is 64.3. The van der Waals surface area contributed by atoms with E-state index in [1.807, 2.05) is 0 Å². The molecule has 0 aliphatic rings. The SMILES string of the molecule is Nc1cccnc1OCC(F)(F)C(F)(F)F. The van der Waals surface area contributed by atoms with E-state index < -0.39 is 24.6 Å². The van der Waals surface area contributed by atoms with Crippen molar-refractivity contribution in [3.63, 3.8) is 0 Å². The highest BCUT2D eigenvalue weighted by atomic mass is 19.4. The average Bonchev–Trinajstić information content (AvgIpc) is 2.15. The van der Waals surface area contributed by atoms with Crippen molar-refractivity contribution in [2.45, 2.75) is 12.1 Å². The summed E-state index contributed by atoms with van der Waals surface area (Å²) in [5, 5.41) is 0. The van der Waals surface area contributed by atoms with E-state index in [-0.39, 0.29) is 5.69 Å². The molecule has 8 heteroatoms. The molecule has 0 saturated carbocycles. The fraction of sp³-hybridized carbons (Fsp3) is 0.375. The van der Waals surface area contributed by atoms with Crippen LogP contribution in [0.2, 0.25) is 0 Å². The second kappa shape index (κ2) is 4.11. The number of hydrogen-bond donors (Lipinski definition) is 1. The van der Waals surface area contributed by atoms with E-state index in [1.54, 1.807) is 0 Å². The molecule has 0 aliphatic carbocycles. The van der Waals surface area contributed by atoms with Crippen LogP contribution in [0.4, 0.5) is 27.6 Å². The molecule has 0 amide bonds. The van der Waals surface area contributed by atoms with Crippen molar-refractivity contribution in [2.24, 2.45) is 0 Å². The Hall–Kier alpha value is -1.60. The number of alkyl halides is 5. The average molecular weight is 242 g/mol. The van der Waals surface area contributed by atoms with Crippen LogP contribution < -0.4 is 10.5 Å². The van der Waals surface area contributed by atoms with Crippen molar-refractivity contribution in [1.82, 2.24) is 4.98 Å². The number of nitrogens with two attached hydrogens (primary N) is 1. The van der Waals surface area contributed by atoms with E-state index >= 15 is 0 Å². The highest BCUT2D eigenvalue weighted by Gasteiger charge is 2.58. The van der Waals surface area contributed by atoms with E-state index in [4.69, 9.17) is 5.73 Å². The fourth-order valence-corrected chi connectivity index (χ4v) is 0.765. The van der Waals surface area contributed by atoms with Gasteiger partial charge in [-0.3, -0.25) is 0 Å². The second-order valence-corrected chi connectivity index (χ2v) is 2.89. The first-order valence-corrected chi connectivity index (χ1v) is 4.02. The van der Waals surface area contributed by atoms with Crippen LogP contribution in [-0.4, -0.2) is 23.7 Å². The van der Waals surface area contributed by atoms with Gasteiger partial charge < -0.3 is 10.5 Å². The van der Waals surface area contributed by atoms with Gasteiger partial charge in [0.25, 0.3) is 0 Å². The van der Waals surface area contributed by atoms with Crippen LogP contribution in [0.5, 0.6) is 5.88 Å². The number of hydrogen-bond acceptors (Lipinski definition) is 3. The lowest BCUT2D eigenvalue weighted by Crippen LogP contribution is -2.41. The van der Waals surface area contributed by atoms with Gasteiger partial charge in [-0.25, -0.2) is 4.98 Å². The number of nitrogen functional groups attached to an aromatic ring is 1. The molecule has 1 aromatic rings. The van der Waals surface area contributed by atoms with Crippen LogP contribution >= 0.6 is 0 Å². The maximum Gasteiger partial charge on any atom is 0.456 e. The summed E-state index contributed by atoms with van der Waals surface area (Å²) in [5.41, 5.74) is 5.13. The number of nitrogens with zero attached hydrogens (tertiary/aromatic N) is 1. The number of anilines is 1. The second-order valence-electron chi connectivity index (χ2n) is 2.89. The quantitative estimate of drug-likeness (QED) is 0.827. The van der Waals surface area contributed by atoms with Crippen LogP contribution in [0.3, 0.4) is 0 Å². The molecule has 0 spiro atoms. The Balaban J connectivity index is 2.69. The lowest BCUT2D eigenvalue weighted by atomic mass is 10.3. The molecule has 0 bridgehead atoms. The third kappa shape index (κ3) is 2.71. The Morgan fingerprint density at radius 1 is 1.25 bits per heavy atom. The van der Waals surface area contributed by atoms with Crippen LogP contribution in [0.15, 0.2) is 18.3 Å². The summed E-state index contributed by atoms with van der Waals surface area (Å²) in [6.45, 7) is -1.85. The fourth-order valence-electron chi connectivity index (χ4n) is 0.765. The van der Waals surface area contributed by atoms with Crippen LogP contribution in [-0.2, 0) is 0 Å². The first-order valence-electron chi connectivity index (χ1n) is 4.02. The molecule has 0 unspecified atom stereocenters. The van der Waals surface area contributed by atoms with Gasteiger partial charge in [0.15, 0.2) is 6.61 Å². The van der Waals surface area contributed by atoms with Crippen molar-refractivity contribution in [3.05, 3.63) is 18.3 Å². The molecule has 3 nitrogen and oxygen atoms in total. The maximum atomic E-state index is 12.4. The normalized spacial score (nSPS) is 12.6. The molecule has 0 saturated heterocycles. The van der Waals surface area contributed by atoms with E-state index in [1.165, 1.54) is 12.1 Å². The Morgan fingerprint density at radius 2 is 1.88 bits per heavy atom. The monoisotopic (exact) mass is 242 g/mol. The molecular formula is C8H7F5N2O. The molecule has 0 atom stereocenters. The standard InChI is InChI=1S/C8H7F5N2O/c9-7(10,8(11,12)13)4-16-6-5(14)2-1-3-15-6/h1-3H,4,14H2. The molecular weight excluding hydrogens is 235 g/mol. The summed E-state index contributed by atoms with van der Waals surface area (Å²) in [4.78, 5) is 3.42. The topological polar surface area (TPSA) is 48.1 Å². The summed E-state index contributed by atoms with van der Waals surface area (Å²) in [7, 11) is 0. The van der Waals surface area contributed by atoms with Crippen molar-refractivity contribution < 1.29 is 26.7 Å². The van der Waals surface area contributed by atoms with Crippen molar-refractivity contribution in [1.29, 1.82) is 0 Å². The molecule has 0 aliphatic heterocycles. The van der Waals surface area contributed by atoms with E-state index in [2.05, 4.69) is 9.72 Å². The minimum absolute atomic E-state index is 0.111. The van der Waals surface area contributed by atoms with Gasteiger partial charge in [0.2, 0.25) is 5.88 Å². The Bertz CT molecular complexity index is 366. The first kappa shape index (κ1) is 12.5. The third-order valence-corrected chi connectivity index (χ3v) is 1.61. The third-order valence-electron chi connectivity index (χ3n) is 1.61. The highest BCUT2D eigenvalue weighted by Crippen LogP contribution is 2.35. The molecule has 0 aromatic carbocycles. The van der Waals surface area contributed by atoms with Gasteiger partial charge in [-0.15, -0.1) is 0 Å². The van der Waals surface area contributed by atoms with E-state index in [9.17, 15) is 22.0 Å². The van der Waals surface area contributed by atoms with Crippen molar-refractivity contribution in [3.8, 4) is 5.88 Å². The summed E-state index contributed by atoms with van der Waals surface area (Å²) >= 11 is 0. The molecule has 16 heavy (non-hydrogen) atoms. The van der Waals surface area contributed by atoms with E-state index in [0.717, 1.165) is 6.20 Å². The zero-order chi connectivity index (χ0) is 12.4. The number of ether oxygens (including phenoxy) is 1. The number of halogens is 5. The lowest BCUT2D eigenvalue weighted by molar-refractivity contribution is -0.290. The maximum absolute atomic E-state index is 12.4. The van der Waals surface area contributed by atoms with Gasteiger partial charge in [0, 0.05) is 6.20 Å². The van der Waals surface area contributed by atoms with Gasteiger partial charge in [-0.05, 0) is 12.1 Å². The molecule has 1 heterocycles. The number of rotatable bonds is 3. The van der Waals surface area contributed by atoms with Crippen molar-refractivity contribution in [2.75, 3.05) is 12.3 Å². The molecule has 1 aromatic heterocycles. The van der Waals surface area contributed by atoms with Gasteiger partial charge in [-0.2, -0.15) is 22.0 Å². The van der Waals surface area contributed by atoms with Gasteiger partial charge in [0.1, 0.15) is 0 Å².